The van der Waals surface area contributed by atoms with E-state index >= 15 is 0 Å². The average molecular weight is 331 g/mol. The van der Waals surface area contributed by atoms with Crippen molar-refractivity contribution in [1.82, 2.24) is 0 Å². The highest BCUT2D eigenvalue weighted by Gasteiger charge is 2.18. The van der Waals surface area contributed by atoms with Crippen LogP contribution >= 0.6 is 0 Å². The normalized spacial score (nSPS) is 21.1. The number of rotatable bonds is 10. The van der Waals surface area contributed by atoms with Gasteiger partial charge in [-0.2, -0.15) is 0 Å². The van der Waals surface area contributed by atoms with Crippen LogP contribution in [0.25, 0.3) is 0 Å². The predicted octanol–water partition coefficient (Wildman–Crippen LogP) is 6.41. The van der Waals surface area contributed by atoms with Crippen molar-refractivity contribution in [2.24, 2.45) is 11.8 Å². The third-order valence-corrected chi connectivity index (χ3v) is 5.00. The highest BCUT2D eigenvalue weighted by Crippen LogP contribution is 2.32. The molecule has 1 fully saturated rings. The molecule has 0 unspecified atom stereocenters. The Morgan fingerprint density at radius 3 is 2.21 bits per heavy atom. The summed E-state index contributed by atoms with van der Waals surface area (Å²) in [7, 11) is 0. The first-order valence-electron chi connectivity index (χ1n) is 9.84. The molecular weight excluding hydrogens is 296 g/mol. The topological polar surface area (TPSA) is 18.5 Å². The molecule has 0 N–H and O–H groups in total. The summed E-state index contributed by atoms with van der Waals surface area (Å²) in [5.74, 6) is 3.55. The van der Waals surface area contributed by atoms with Crippen LogP contribution in [0.5, 0.6) is 11.5 Å². The summed E-state index contributed by atoms with van der Waals surface area (Å²) in [4.78, 5) is 0. The lowest BCUT2D eigenvalue weighted by Crippen LogP contribution is -2.13. The second kappa shape index (κ2) is 11.2. The molecule has 2 nitrogen and oxygen atoms in total. The van der Waals surface area contributed by atoms with Gasteiger partial charge in [-0.05, 0) is 68.7 Å². The van der Waals surface area contributed by atoms with Crippen molar-refractivity contribution < 1.29 is 9.47 Å². The molecule has 1 aromatic rings. The first kappa shape index (κ1) is 18.9. The quantitative estimate of drug-likeness (QED) is 0.364. The molecule has 0 aliphatic heterocycles. The average Bonchev–Trinajstić information content (AvgIpc) is 2.62. The van der Waals surface area contributed by atoms with Crippen LogP contribution in [-0.2, 0) is 0 Å². The van der Waals surface area contributed by atoms with E-state index in [0.29, 0.717) is 13.2 Å². The highest BCUT2D eigenvalue weighted by atomic mass is 16.5. The van der Waals surface area contributed by atoms with E-state index in [9.17, 15) is 0 Å². The maximum atomic E-state index is 5.77. The molecule has 1 aliphatic rings. The van der Waals surface area contributed by atoms with Crippen molar-refractivity contribution in [1.29, 1.82) is 0 Å². The lowest BCUT2D eigenvalue weighted by molar-refractivity contribution is 0.288. The maximum Gasteiger partial charge on any atom is 0.120 e. The molecule has 0 radical (unpaired) electrons. The van der Waals surface area contributed by atoms with Crippen LogP contribution in [0.2, 0.25) is 0 Å². The van der Waals surface area contributed by atoms with Gasteiger partial charge in [0.2, 0.25) is 0 Å². The minimum atomic E-state index is 0.657. The van der Waals surface area contributed by atoms with Crippen molar-refractivity contribution in [2.75, 3.05) is 13.2 Å². The van der Waals surface area contributed by atoms with Gasteiger partial charge < -0.3 is 9.47 Å². The van der Waals surface area contributed by atoms with E-state index in [1.165, 1.54) is 51.4 Å². The summed E-state index contributed by atoms with van der Waals surface area (Å²) in [5.41, 5.74) is 0. The van der Waals surface area contributed by atoms with Crippen LogP contribution in [0.15, 0.2) is 36.4 Å². The van der Waals surface area contributed by atoms with Crippen LogP contribution in [0, 0.1) is 11.8 Å². The lowest BCUT2D eigenvalue weighted by atomic mass is 9.79. The number of allylic oxidation sites excluding steroid dienone is 1. The Kier molecular flexibility index (Phi) is 8.80. The molecule has 2 heteroatoms. The highest BCUT2D eigenvalue weighted by molar-refractivity contribution is 5.31. The van der Waals surface area contributed by atoms with Gasteiger partial charge in [0.15, 0.2) is 0 Å². The number of benzene rings is 1. The lowest BCUT2D eigenvalue weighted by Gasteiger charge is -2.26. The zero-order valence-corrected chi connectivity index (χ0v) is 15.5. The van der Waals surface area contributed by atoms with Gasteiger partial charge in [-0.25, -0.2) is 0 Å². The van der Waals surface area contributed by atoms with Crippen molar-refractivity contribution in [3.63, 3.8) is 0 Å². The van der Waals surface area contributed by atoms with Crippen LogP contribution in [0.1, 0.15) is 65.2 Å². The minimum Gasteiger partial charge on any atom is -0.494 e. The van der Waals surface area contributed by atoms with Crippen molar-refractivity contribution in [3.05, 3.63) is 36.4 Å². The fourth-order valence-corrected chi connectivity index (χ4v) is 3.54. The van der Waals surface area contributed by atoms with Gasteiger partial charge in [0.1, 0.15) is 18.1 Å². The molecule has 0 saturated heterocycles. The van der Waals surface area contributed by atoms with Crippen molar-refractivity contribution in [3.8, 4) is 11.5 Å². The summed E-state index contributed by atoms with van der Waals surface area (Å²) in [6.45, 7) is 5.64. The number of ether oxygens (including phenoxy) is 2. The predicted molar refractivity (Wildman–Crippen MR) is 102 cm³/mol. The van der Waals surface area contributed by atoms with Crippen LogP contribution in [0.3, 0.4) is 0 Å². The molecule has 134 valence electrons. The SMILES string of the molecule is CCCCCC1CCC(/C=C/COc2ccc(OCC)cc2)CC1. The monoisotopic (exact) mass is 330 g/mol. The molecule has 0 aromatic heterocycles. The third kappa shape index (κ3) is 6.98. The summed E-state index contributed by atoms with van der Waals surface area (Å²) < 4.78 is 11.2. The van der Waals surface area contributed by atoms with Crippen LogP contribution in [-0.4, -0.2) is 13.2 Å². The van der Waals surface area contributed by atoms with E-state index in [1.54, 1.807) is 0 Å². The molecule has 0 heterocycles. The Morgan fingerprint density at radius 1 is 0.917 bits per heavy atom. The van der Waals surface area contributed by atoms with Crippen molar-refractivity contribution >= 4 is 0 Å². The van der Waals surface area contributed by atoms with E-state index in [0.717, 1.165) is 23.3 Å². The van der Waals surface area contributed by atoms with Gasteiger partial charge >= 0.3 is 0 Å². The Bertz CT molecular complexity index is 455. The molecular formula is C22H34O2. The van der Waals surface area contributed by atoms with E-state index in [-0.39, 0.29) is 0 Å². The van der Waals surface area contributed by atoms with Gasteiger partial charge in [-0.15, -0.1) is 0 Å². The summed E-state index contributed by atoms with van der Waals surface area (Å²) >= 11 is 0. The number of hydrogen-bond donors (Lipinski definition) is 0. The van der Waals surface area contributed by atoms with Gasteiger partial charge in [0, 0.05) is 0 Å². The third-order valence-electron chi connectivity index (χ3n) is 5.00. The largest absolute Gasteiger partial charge is 0.494 e. The van der Waals surface area contributed by atoms with Gasteiger partial charge in [-0.1, -0.05) is 44.8 Å². The molecule has 0 atom stereocenters. The van der Waals surface area contributed by atoms with Crippen LogP contribution in [0.4, 0.5) is 0 Å². The van der Waals surface area contributed by atoms with Crippen molar-refractivity contribution in [2.45, 2.75) is 65.2 Å². The maximum absolute atomic E-state index is 5.77. The molecule has 1 aliphatic carbocycles. The fourth-order valence-electron chi connectivity index (χ4n) is 3.54. The summed E-state index contributed by atoms with van der Waals surface area (Å²) in [5, 5.41) is 0. The molecule has 0 bridgehead atoms. The standard InChI is InChI=1S/C22H34O2/c1-3-5-6-8-19-10-12-20(13-11-19)9-7-18-24-22-16-14-21(15-17-22)23-4-2/h7,9,14-17,19-20H,3-6,8,10-13,18H2,1-2H3/b9-7+. The Hall–Kier alpha value is -1.44. The first-order valence-corrected chi connectivity index (χ1v) is 9.84. The second-order valence-electron chi connectivity index (χ2n) is 6.92. The minimum absolute atomic E-state index is 0.657. The fraction of sp³-hybridized carbons (Fsp3) is 0.636. The Balaban J connectivity index is 1.61. The van der Waals surface area contributed by atoms with E-state index in [2.05, 4.69) is 19.1 Å². The van der Waals surface area contributed by atoms with Gasteiger partial charge in [0.05, 0.1) is 6.61 Å². The second-order valence-corrected chi connectivity index (χ2v) is 6.92. The number of hydrogen-bond acceptors (Lipinski definition) is 2. The summed E-state index contributed by atoms with van der Waals surface area (Å²) in [6, 6.07) is 7.87. The molecule has 0 spiro atoms. The smallest absolute Gasteiger partial charge is 0.120 e. The molecule has 2 rings (SSSR count). The molecule has 0 amide bonds. The Labute approximate surface area is 148 Å². The zero-order valence-electron chi connectivity index (χ0n) is 15.5. The van der Waals surface area contributed by atoms with E-state index < -0.39 is 0 Å². The van der Waals surface area contributed by atoms with E-state index in [4.69, 9.17) is 9.47 Å². The first-order chi connectivity index (χ1) is 11.8. The molecule has 1 saturated carbocycles. The molecule has 24 heavy (non-hydrogen) atoms. The van der Waals surface area contributed by atoms with Gasteiger partial charge in [-0.3, -0.25) is 0 Å². The Morgan fingerprint density at radius 2 is 1.58 bits per heavy atom. The molecule has 1 aromatic carbocycles. The zero-order chi connectivity index (χ0) is 17.0. The summed E-state index contributed by atoms with van der Waals surface area (Å²) in [6.07, 6.45) is 15.7. The van der Waals surface area contributed by atoms with Crippen LogP contribution < -0.4 is 9.47 Å². The number of unbranched alkanes of at least 4 members (excludes halogenated alkanes) is 2. The van der Waals surface area contributed by atoms with Gasteiger partial charge in [0.25, 0.3) is 0 Å². The van der Waals surface area contributed by atoms with E-state index in [1.807, 2.05) is 31.2 Å².